The van der Waals surface area contributed by atoms with E-state index >= 15 is 0 Å². The highest BCUT2D eigenvalue weighted by Gasteiger charge is 1.82. The minimum Gasteiger partial charge on any atom is -0.0985 e. The zero-order valence-corrected chi connectivity index (χ0v) is 6.22. The highest BCUT2D eigenvalue weighted by molar-refractivity contribution is 5.25. The molecule has 0 heteroatoms. The van der Waals surface area contributed by atoms with Crippen molar-refractivity contribution in [2.75, 3.05) is 0 Å². The van der Waals surface area contributed by atoms with Crippen LogP contribution in [-0.2, 0) is 0 Å². The molecule has 50 valence electrons. The standard InChI is InChI=1S/C9H14/c1-5-9(4)7-6-8(2)3/h5-8H,1,4H2,2-3H3. The first-order valence-electron chi connectivity index (χ1n) is 3.16. The summed E-state index contributed by atoms with van der Waals surface area (Å²) in [5.74, 6) is 0.599. The Labute approximate surface area is 57.6 Å². The summed E-state index contributed by atoms with van der Waals surface area (Å²) in [6.07, 6.45) is 5.83. The van der Waals surface area contributed by atoms with Crippen molar-refractivity contribution >= 4 is 0 Å². The maximum atomic E-state index is 3.74. The molecule has 0 aliphatic heterocycles. The fourth-order valence-electron chi connectivity index (χ4n) is 0.384. The largest absolute Gasteiger partial charge is 0.0985 e. The molecule has 0 saturated heterocycles. The minimum absolute atomic E-state index is 0.599. The smallest absolute Gasteiger partial charge is 0.0287 e. The van der Waals surface area contributed by atoms with E-state index in [9.17, 15) is 0 Å². The predicted molar refractivity (Wildman–Crippen MR) is 43.3 cm³/mol. The number of hydrogen-bond donors (Lipinski definition) is 0. The maximum Gasteiger partial charge on any atom is -0.0287 e. The summed E-state index contributed by atoms with van der Waals surface area (Å²) in [6.45, 7) is 11.6. The lowest BCUT2D eigenvalue weighted by atomic mass is 10.1. The van der Waals surface area contributed by atoms with Gasteiger partial charge in [-0.1, -0.05) is 45.2 Å². The molecule has 0 aliphatic carbocycles. The van der Waals surface area contributed by atoms with Crippen LogP contribution in [0.5, 0.6) is 0 Å². The van der Waals surface area contributed by atoms with Crippen molar-refractivity contribution in [1.82, 2.24) is 0 Å². The lowest BCUT2D eigenvalue weighted by molar-refractivity contribution is 0.831. The zero-order chi connectivity index (χ0) is 7.28. The number of hydrogen-bond acceptors (Lipinski definition) is 0. The first kappa shape index (κ1) is 8.22. The normalized spacial score (nSPS) is 10.6. The molecule has 0 aromatic heterocycles. The molecule has 0 aromatic rings. The van der Waals surface area contributed by atoms with Crippen LogP contribution in [-0.4, -0.2) is 0 Å². The van der Waals surface area contributed by atoms with E-state index < -0.39 is 0 Å². The monoisotopic (exact) mass is 122 g/mol. The van der Waals surface area contributed by atoms with Crippen molar-refractivity contribution < 1.29 is 0 Å². The number of allylic oxidation sites excluding steroid dienone is 4. The van der Waals surface area contributed by atoms with Gasteiger partial charge in [0.25, 0.3) is 0 Å². The average Bonchev–Trinajstić information content (AvgIpc) is 1.83. The van der Waals surface area contributed by atoms with Crippen molar-refractivity contribution in [1.29, 1.82) is 0 Å². The Balaban J connectivity index is 3.70. The van der Waals surface area contributed by atoms with Gasteiger partial charge >= 0.3 is 0 Å². The molecule has 0 fully saturated rings. The van der Waals surface area contributed by atoms with E-state index in [2.05, 4.69) is 33.1 Å². The Morgan fingerprint density at radius 3 is 2.33 bits per heavy atom. The fraction of sp³-hybridized carbons (Fsp3) is 0.333. The van der Waals surface area contributed by atoms with Gasteiger partial charge in [0.05, 0.1) is 0 Å². The van der Waals surface area contributed by atoms with Gasteiger partial charge in [0.1, 0.15) is 0 Å². The Kier molecular flexibility index (Phi) is 3.78. The van der Waals surface area contributed by atoms with E-state index in [0.717, 1.165) is 5.57 Å². The van der Waals surface area contributed by atoms with Crippen LogP contribution in [0, 0.1) is 5.92 Å². The van der Waals surface area contributed by atoms with Crippen molar-refractivity contribution in [3.05, 3.63) is 37.0 Å². The van der Waals surface area contributed by atoms with Gasteiger partial charge in [-0.15, -0.1) is 0 Å². The van der Waals surface area contributed by atoms with Crippen LogP contribution in [0.1, 0.15) is 13.8 Å². The lowest BCUT2D eigenvalue weighted by Crippen LogP contribution is -1.76. The van der Waals surface area contributed by atoms with Gasteiger partial charge in [-0.25, -0.2) is 0 Å². The fourth-order valence-corrected chi connectivity index (χ4v) is 0.384. The molecule has 0 saturated carbocycles. The Morgan fingerprint density at radius 1 is 1.44 bits per heavy atom. The third-order valence-corrected chi connectivity index (χ3v) is 0.957. The molecule has 0 heterocycles. The van der Waals surface area contributed by atoms with E-state index in [1.807, 2.05) is 6.08 Å². The van der Waals surface area contributed by atoms with Crippen molar-refractivity contribution in [2.45, 2.75) is 13.8 Å². The van der Waals surface area contributed by atoms with Gasteiger partial charge in [-0.2, -0.15) is 0 Å². The van der Waals surface area contributed by atoms with Crippen LogP contribution in [0.15, 0.2) is 37.0 Å². The summed E-state index contributed by atoms with van der Waals surface area (Å²) in [7, 11) is 0. The Morgan fingerprint density at radius 2 is 2.00 bits per heavy atom. The molecule has 0 atom stereocenters. The molecule has 0 rings (SSSR count). The van der Waals surface area contributed by atoms with E-state index in [1.54, 1.807) is 6.08 Å². The molecule has 9 heavy (non-hydrogen) atoms. The van der Waals surface area contributed by atoms with Crippen LogP contribution in [0.4, 0.5) is 0 Å². The van der Waals surface area contributed by atoms with E-state index in [-0.39, 0.29) is 0 Å². The molecule has 0 amide bonds. The maximum absolute atomic E-state index is 3.74. The predicted octanol–water partition coefficient (Wildman–Crippen LogP) is 2.94. The Hall–Kier alpha value is -0.780. The quantitative estimate of drug-likeness (QED) is 0.505. The zero-order valence-electron chi connectivity index (χ0n) is 6.22. The van der Waals surface area contributed by atoms with Crippen molar-refractivity contribution in [3.63, 3.8) is 0 Å². The van der Waals surface area contributed by atoms with Crippen molar-refractivity contribution in [3.8, 4) is 0 Å². The third-order valence-electron chi connectivity index (χ3n) is 0.957. The van der Waals surface area contributed by atoms with E-state index in [1.165, 1.54) is 0 Å². The second kappa shape index (κ2) is 4.13. The summed E-state index contributed by atoms with van der Waals surface area (Å²) in [4.78, 5) is 0. The summed E-state index contributed by atoms with van der Waals surface area (Å²) in [5.41, 5.74) is 0.976. The van der Waals surface area contributed by atoms with Gasteiger partial charge in [-0.05, 0) is 11.5 Å². The molecule has 0 unspecified atom stereocenters. The van der Waals surface area contributed by atoms with Crippen molar-refractivity contribution in [2.24, 2.45) is 5.92 Å². The average molecular weight is 122 g/mol. The van der Waals surface area contributed by atoms with Gasteiger partial charge in [0, 0.05) is 0 Å². The van der Waals surface area contributed by atoms with Crippen LogP contribution in [0.2, 0.25) is 0 Å². The molecule has 0 aromatic carbocycles. The molecule has 0 nitrogen and oxygen atoms in total. The number of rotatable bonds is 3. The first-order valence-corrected chi connectivity index (χ1v) is 3.16. The van der Waals surface area contributed by atoms with Gasteiger partial charge < -0.3 is 0 Å². The second-order valence-corrected chi connectivity index (χ2v) is 2.38. The minimum atomic E-state index is 0.599. The molecular formula is C9H14. The first-order chi connectivity index (χ1) is 4.16. The topological polar surface area (TPSA) is 0 Å². The summed E-state index contributed by atoms with van der Waals surface area (Å²) >= 11 is 0. The van der Waals surface area contributed by atoms with E-state index in [4.69, 9.17) is 0 Å². The highest BCUT2D eigenvalue weighted by Crippen LogP contribution is 1.98. The van der Waals surface area contributed by atoms with Gasteiger partial charge in [0.2, 0.25) is 0 Å². The summed E-state index contributed by atoms with van der Waals surface area (Å²) in [6, 6.07) is 0. The van der Waals surface area contributed by atoms with Crippen LogP contribution >= 0.6 is 0 Å². The third kappa shape index (κ3) is 5.09. The van der Waals surface area contributed by atoms with Gasteiger partial charge in [-0.3, -0.25) is 0 Å². The lowest BCUT2D eigenvalue weighted by Gasteiger charge is -1.92. The summed E-state index contributed by atoms with van der Waals surface area (Å²) < 4.78 is 0. The second-order valence-electron chi connectivity index (χ2n) is 2.38. The molecular weight excluding hydrogens is 108 g/mol. The molecule has 0 radical (unpaired) electrons. The molecule has 0 N–H and O–H groups in total. The highest BCUT2D eigenvalue weighted by atomic mass is 13.9. The van der Waals surface area contributed by atoms with Crippen LogP contribution in [0.25, 0.3) is 0 Å². The van der Waals surface area contributed by atoms with Crippen LogP contribution in [0.3, 0.4) is 0 Å². The Bertz CT molecular complexity index is 127. The molecule has 0 aliphatic rings. The SMILES string of the molecule is C=CC(=C)C=CC(C)C. The van der Waals surface area contributed by atoms with E-state index in [0.29, 0.717) is 5.92 Å². The molecule has 0 spiro atoms. The van der Waals surface area contributed by atoms with Gasteiger partial charge in [0.15, 0.2) is 0 Å². The summed E-state index contributed by atoms with van der Waals surface area (Å²) in [5, 5.41) is 0. The van der Waals surface area contributed by atoms with Crippen LogP contribution < -0.4 is 0 Å². The molecule has 0 bridgehead atoms.